The minimum Gasteiger partial charge on any atom is -0.383 e. The fourth-order valence-electron chi connectivity index (χ4n) is 3.48. The molecule has 0 saturated carbocycles. The molecule has 2 unspecified atom stereocenters. The second-order valence-electron chi connectivity index (χ2n) is 8.07. The summed E-state index contributed by atoms with van der Waals surface area (Å²) < 4.78 is 0. The van der Waals surface area contributed by atoms with Gasteiger partial charge in [0.05, 0.1) is 0 Å². The van der Waals surface area contributed by atoms with E-state index in [9.17, 15) is 0 Å². The molecule has 0 heterocycles. The molecule has 1 aromatic rings. The Bertz CT molecular complexity index is 385. The molecule has 0 fully saturated rings. The van der Waals surface area contributed by atoms with E-state index in [1.165, 1.54) is 88.4 Å². The van der Waals surface area contributed by atoms with E-state index in [2.05, 4.69) is 62.6 Å². The summed E-state index contributed by atoms with van der Waals surface area (Å²) in [7, 11) is 0. The number of anilines is 2. The molecule has 2 atom stereocenters. The Morgan fingerprint density at radius 3 is 1.27 bits per heavy atom. The molecule has 0 spiro atoms. The van der Waals surface area contributed by atoms with Crippen molar-refractivity contribution < 1.29 is 0 Å². The highest BCUT2D eigenvalue weighted by Crippen LogP contribution is 2.18. The molecule has 0 bridgehead atoms. The van der Waals surface area contributed by atoms with Crippen LogP contribution in [-0.2, 0) is 0 Å². The van der Waals surface area contributed by atoms with Crippen molar-refractivity contribution in [3.8, 4) is 0 Å². The highest BCUT2D eigenvalue weighted by Gasteiger charge is 2.04. The summed E-state index contributed by atoms with van der Waals surface area (Å²) in [5.74, 6) is 0. The van der Waals surface area contributed by atoms with Gasteiger partial charge in [-0.1, -0.05) is 78.1 Å². The first kappa shape index (κ1) is 22.9. The molecule has 2 heteroatoms. The Balaban J connectivity index is 2.21. The maximum absolute atomic E-state index is 3.64. The predicted molar refractivity (Wildman–Crippen MR) is 119 cm³/mol. The molecular weight excluding hydrogens is 316 g/mol. The molecule has 0 aliphatic heterocycles. The van der Waals surface area contributed by atoms with Crippen molar-refractivity contribution in [2.45, 2.75) is 117 Å². The molecule has 2 nitrogen and oxygen atoms in total. The summed E-state index contributed by atoms with van der Waals surface area (Å²) in [5.41, 5.74) is 2.48. The van der Waals surface area contributed by atoms with Gasteiger partial charge in [0, 0.05) is 23.5 Å². The van der Waals surface area contributed by atoms with Crippen LogP contribution in [0.4, 0.5) is 11.4 Å². The lowest BCUT2D eigenvalue weighted by Gasteiger charge is -2.18. The number of nitrogens with one attached hydrogen (secondary N) is 2. The van der Waals surface area contributed by atoms with Crippen LogP contribution in [0, 0.1) is 0 Å². The Hall–Kier alpha value is -1.18. The van der Waals surface area contributed by atoms with Crippen molar-refractivity contribution in [2.75, 3.05) is 10.6 Å². The van der Waals surface area contributed by atoms with Gasteiger partial charge in [0.25, 0.3) is 0 Å². The highest BCUT2D eigenvalue weighted by molar-refractivity contribution is 5.54. The molecule has 0 aliphatic carbocycles. The Labute approximate surface area is 163 Å². The van der Waals surface area contributed by atoms with Gasteiger partial charge < -0.3 is 10.6 Å². The van der Waals surface area contributed by atoms with Crippen LogP contribution >= 0.6 is 0 Å². The van der Waals surface area contributed by atoms with Crippen LogP contribution in [0.2, 0.25) is 0 Å². The first-order chi connectivity index (χ1) is 12.7. The predicted octanol–water partition coefficient (Wildman–Crippen LogP) is 8.01. The minimum atomic E-state index is 0.553. The largest absolute Gasteiger partial charge is 0.383 e. The first-order valence-corrected chi connectivity index (χ1v) is 11.3. The number of rotatable bonds is 16. The molecule has 0 aliphatic rings. The molecule has 2 N–H and O–H groups in total. The van der Waals surface area contributed by atoms with Gasteiger partial charge in [-0.2, -0.15) is 0 Å². The zero-order valence-corrected chi connectivity index (χ0v) is 17.9. The number of benzene rings is 1. The van der Waals surface area contributed by atoms with Crippen molar-refractivity contribution in [1.82, 2.24) is 0 Å². The SMILES string of the molecule is CCCCCCCC(C)Nc1ccc(NC(C)CCCCCCC)cc1. The molecule has 0 amide bonds. The number of hydrogen-bond acceptors (Lipinski definition) is 2. The topological polar surface area (TPSA) is 24.1 Å². The van der Waals surface area contributed by atoms with Crippen LogP contribution in [-0.4, -0.2) is 12.1 Å². The average molecular weight is 361 g/mol. The van der Waals surface area contributed by atoms with Crippen molar-refractivity contribution >= 4 is 11.4 Å². The summed E-state index contributed by atoms with van der Waals surface area (Å²) in [6.45, 7) is 9.15. The van der Waals surface area contributed by atoms with Crippen molar-refractivity contribution in [2.24, 2.45) is 0 Å². The summed E-state index contributed by atoms with van der Waals surface area (Å²) in [6, 6.07) is 9.96. The van der Waals surface area contributed by atoms with Gasteiger partial charge in [0.1, 0.15) is 0 Å². The van der Waals surface area contributed by atoms with E-state index in [-0.39, 0.29) is 0 Å². The lowest BCUT2D eigenvalue weighted by atomic mass is 10.1. The van der Waals surface area contributed by atoms with Crippen molar-refractivity contribution in [3.63, 3.8) is 0 Å². The smallest absolute Gasteiger partial charge is 0.0343 e. The first-order valence-electron chi connectivity index (χ1n) is 11.3. The monoisotopic (exact) mass is 360 g/mol. The summed E-state index contributed by atoms with van der Waals surface area (Å²) in [5, 5.41) is 7.28. The fraction of sp³-hybridized carbons (Fsp3) is 0.750. The lowest BCUT2D eigenvalue weighted by molar-refractivity contribution is 0.578. The summed E-state index contributed by atoms with van der Waals surface area (Å²) in [6.07, 6.45) is 16.1. The molecular formula is C24H44N2. The molecule has 26 heavy (non-hydrogen) atoms. The van der Waals surface area contributed by atoms with E-state index < -0.39 is 0 Å². The Kier molecular flexibility index (Phi) is 13.1. The second kappa shape index (κ2) is 14.9. The van der Waals surface area contributed by atoms with E-state index in [1.807, 2.05) is 0 Å². The van der Waals surface area contributed by atoms with Gasteiger partial charge in [-0.3, -0.25) is 0 Å². The van der Waals surface area contributed by atoms with Gasteiger partial charge in [0.2, 0.25) is 0 Å². The normalized spacial score (nSPS) is 13.4. The molecule has 150 valence electrons. The van der Waals surface area contributed by atoms with E-state index in [0.29, 0.717) is 12.1 Å². The van der Waals surface area contributed by atoms with Gasteiger partial charge in [-0.25, -0.2) is 0 Å². The second-order valence-corrected chi connectivity index (χ2v) is 8.07. The summed E-state index contributed by atoms with van der Waals surface area (Å²) >= 11 is 0. The lowest BCUT2D eigenvalue weighted by Crippen LogP contribution is -2.16. The Morgan fingerprint density at radius 1 is 0.577 bits per heavy atom. The van der Waals surface area contributed by atoms with Crippen LogP contribution in [0.15, 0.2) is 24.3 Å². The third kappa shape index (κ3) is 11.4. The molecule has 1 aromatic carbocycles. The number of unbranched alkanes of at least 4 members (excludes halogenated alkanes) is 8. The van der Waals surface area contributed by atoms with E-state index in [0.717, 1.165) is 0 Å². The maximum atomic E-state index is 3.64. The Morgan fingerprint density at radius 2 is 0.923 bits per heavy atom. The van der Waals surface area contributed by atoms with Crippen molar-refractivity contribution in [3.05, 3.63) is 24.3 Å². The summed E-state index contributed by atoms with van der Waals surface area (Å²) in [4.78, 5) is 0. The van der Waals surface area contributed by atoms with E-state index in [1.54, 1.807) is 0 Å². The van der Waals surface area contributed by atoms with Gasteiger partial charge in [0.15, 0.2) is 0 Å². The average Bonchev–Trinajstić information content (AvgIpc) is 2.63. The highest BCUT2D eigenvalue weighted by atomic mass is 14.9. The third-order valence-corrected chi connectivity index (χ3v) is 5.19. The minimum absolute atomic E-state index is 0.553. The molecule has 0 saturated heterocycles. The van der Waals surface area contributed by atoms with Crippen molar-refractivity contribution in [1.29, 1.82) is 0 Å². The third-order valence-electron chi connectivity index (χ3n) is 5.19. The van der Waals surface area contributed by atoms with Crippen LogP contribution in [0.5, 0.6) is 0 Å². The molecule has 0 aromatic heterocycles. The zero-order valence-electron chi connectivity index (χ0n) is 17.9. The zero-order chi connectivity index (χ0) is 19.0. The van der Waals surface area contributed by atoms with Crippen LogP contribution in [0.25, 0.3) is 0 Å². The van der Waals surface area contributed by atoms with Crippen LogP contribution < -0.4 is 10.6 Å². The van der Waals surface area contributed by atoms with E-state index >= 15 is 0 Å². The maximum Gasteiger partial charge on any atom is 0.0343 e. The van der Waals surface area contributed by atoms with Gasteiger partial charge in [-0.15, -0.1) is 0 Å². The van der Waals surface area contributed by atoms with Crippen LogP contribution in [0.1, 0.15) is 105 Å². The fourth-order valence-corrected chi connectivity index (χ4v) is 3.48. The molecule has 1 rings (SSSR count). The van der Waals surface area contributed by atoms with Gasteiger partial charge >= 0.3 is 0 Å². The number of hydrogen-bond donors (Lipinski definition) is 2. The quantitative estimate of drug-likeness (QED) is 0.292. The standard InChI is InChI=1S/C24H44N2/c1-5-7-9-11-13-15-21(3)25-23-17-19-24(20-18-23)26-22(4)16-14-12-10-8-6-2/h17-22,25-26H,5-16H2,1-4H3. The van der Waals surface area contributed by atoms with Gasteiger partial charge in [-0.05, 0) is 51.0 Å². The van der Waals surface area contributed by atoms with E-state index in [4.69, 9.17) is 0 Å². The van der Waals surface area contributed by atoms with Crippen LogP contribution in [0.3, 0.4) is 0 Å². The molecule has 0 radical (unpaired) electrons.